The molecule has 0 spiro atoms. The molecule has 0 radical (unpaired) electrons. The van der Waals surface area contributed by atoms with Crippen LogP contribution in [-0.2, 0) is 16.0 Å². The first kappa shape index (κ1) is 25.8. The van der Waals surface area contributed by atoms with Crippen molar-refractivity contribution in [2.24, 2.45) is 5.10 Å². The highest BCUT2D eigenvalue weighted by Crippen LogP contribution is 2.38. The molecule has 3 rings (SSSR count). The smallest absolute Gasteiger partial charge is 0.344 e. The number of rotatable bonds is 10. The molecule has 0 fully saturated rings. The number of hydrogen-bond donors (Lipinski definition) is 0. The molecule has 1 aromatic heterocycles. The number of aromatic nitrogens is 2. The molecule has 0 bridgehead atoms. The first-order valence-corrected chi connectivity index (χ1v) is 11.6. The molecule has 0 amide bonds. The highest BCUT2D eigenvalue weighted by atomic mass is 79.9. The number of benzene rings is 2. The summed E-state index contributed by atoms with van der Waals surface area (Å²) in [5, 5.41) is 16.4. The Morgan fingerprint density at radius 3 is 2.63 bits per heavy atom. The fraction of sp³-hybridized carbons (Fsp3) is 0.304. The average molecular weight is 547 g/mol. The summed E-state index contributed by atoms with van der Waals surface area (Å²) in [6.07, 6.45) is 1.74. The first-order valence-electron chi connectivity index (χ1n) is 10.8. The normalized spacial score (nSPS) is 11.1. The van der Waals surface area contributed by atoms with E-state index in [1.807, 2.05) is 6.92 Å². The number of fused-ring (bicyclic) bond motifs is 1. The van der Waals surface area contributed by atoms with Gasteiger partial charge in [-0.3, -0.25) is 14.9 Å². The van der Waals surface area contributed by atoms with Crippen molar-refractivity contribution < 1.29 is 23.9 Å². The summed E-state index contributed by atoms with van der Waals surface area (Å²) in [6.45, 7) is 5.00. The van der Waals surface area contributed by atoms with Crippen LogP contribution < -0.4 is 15.0 Å². The summed E-state index contributed by atoms with van der Waals surface area (Å²) in [7, 11) is 0. The minimum atomic E-state index is -0.670. The highest BCUT2D eigenvalue weighted by Gasteiger charge is 2.23. The molecule has 3 aromatic rings. The number of esters is 1. The number of nitro benzene ring substituents is 1. The zero-order valence-corrected chi connectivity index (χ0v) is 20.9. The van der Waals surface area contributed by atoms with E-state index in [-0.39, 0.29) is 35.8 Å². The molecule has 12 heteroatoms. The van der Waals surface area contributed by atoms with Crippen molar-refractivity contribution in [1.82, 2.24) is 9.66 Å². The number of hydrogen-bond acceptors (Lipinski definition) is 9. The molecule has 0 N–H and O–H groups in total. The number of carbonyl (C=O) groups is 1. The second kappa shape index (κ2) is 11.6. The third kappa shape index (κ3) is 6.01. The fourth-order valence-corrected chi connectivity index (χ4v) is 3.59. The number of aryl methyl sites for hydroxylation is 1. The lowest BCUT2D eigenvalue weighted by molar-refractivity contribution is -0.385. The van der Waals surface area contributed by atoms with Gasteiger partial charge in [0.05, 0.1) is 35.3 Å². The molecule has 0 aliphatic heterocycles. The molecule has 35 heavy (non-hydrogen) atoms. The van der Waals surface area contributed by atoms with Crippen LogP contribution in [0.15, 0.2) is 44.7 Å². The zero-order valence-electron chi connectivity index (χ0n) is 19.3. The minimum absolute atomic E-state index is 0.0519. The maximum absolute atomic E-state index is 13.1. The lowest BCUT2D eigenvalue weighted by Crippen LogP contribution is -2.22. The van der Waals surface area contributed by atoms with Gasteiger partial charge in [-0.25, -0.2) is 9.78 Å². The Kier molecular flexibility index (Phi) is 8.53. The molecule has 0 aliphatic carbocycles. The Balaban J connectivity index is 2.07. The zero-order chi connectivity index (χ0) is 25.5. The van der Waals surface area contributed by atoms with Gasteiger partial charge in [-0.2, -0.15) is 9.78 Å². The molecule has 0 atom stereocenters. The van der Waals surface area contributed by atoms with Crippen molar-refractivity contribution >= 4 is 44.7 Å². The summed E-state index contributed by atoms with van der Waals surface area (Å²) in [6, 6.07) is 7.88. The van der Waals surface area contributed by atoms with E-state index in [2.05, 4.69) is 26.0 Å². The lowest BCUT2D eigenvalue weighted by atomic mass is 10.2. The van der Waals surface area contributed by atoms with Crippen molar-refractivity contribution in [2.75, 3.05) is 19.8 Å². The van der Waals surface area contributed by atoms with Gasteiger partial charge in [0.2, 0.25) is 5.75 Å². The lowest BCUT2D eigenvalue weighted by Gasteiger charge is -2.13. The Labute approximate surface area is 208 Å². The Hall–Kier alpha value is -3.80. The monoisotopic (exact) mass is 546 g/mol. The van der Waals surface area contributed by atoms with Gasteiger partial charge in [0.15, 0.2) is 12.4 Å². The minimum Gasteiger partial charge on any atom is -0.490 e. The number of nitrogens with zero attached hydrogens (tertiary/aromatic N) is 4. The largest absolute Gasteiger partial charge is 0.490 e. The summed E-state index contributed by atoms with van der Waals surface area (Å²) < 4.78 is 17.6. The average Bonchev–Trinajstić information content (AvgIpc) is 2.83. The molecule has 0 aliphatic rings. The summed E-state index contributed by atoms with van der Waals surface area (Å²) in [5.74, 6) is -0.395. The molecular formula is C23H23BrN4O7. The van der Waals surface area contributed by atoms with E-state index in [9.17, 15) is 19.7 Å². The quantitative estimate of drug-likeness (QED) is 0.162. The van der Waals surface area contributed by atoms with Gasteiger partial charge in [-0.1, -0.05) is 22.9 Å². The van der Waals surface area contributed by atoms with Crippen LogP contribution in [-0.4, -0.2) is 46.6 Å². The van der Waals surface area contributed by atoms with Crippen LogP contribution in [0.1, 0.15) is 32.2 Å². The van der Waals surface area contributed by atoms with E-state index >= 15 is 0 Å². The predicted molar refractivity (Wildman–Crippen MR) is 132 cm³/mol. The van der Waals surface area contributed by atoms with Crippen molar-refractivity contribution in [2.45, 2.75) is 27.2 Å². The maximum Gasteiger partial charge on any atom is 0.344 e. The van der Waals surface area contributed by atoms with Crippen LogP contribution in [0.3, 0.4) is 0 Å². The summed E-state index contributed by atoms with van der Waals surface area (Å²) in [4.78, 5) is 40.3. The van der Waals surface area contributed by atoms with E-state index in [0.29, 0.717) is 23.1 Å². The van der Waals surface area contributed by atoms with Crippen molar-refractivity contribution in [3.8, 4) is 11.5 Å². The van der Waals surface area contributed by atoms with E-state index in [1.54, 1.807) is 32.0 Å². The molecule has 11 nitrogen and oxygen atoms in total. The molecule has 1 heterocycles. The second-order valence-electron chi connectivity index (χ2n) is 7.06. The SMILES string of the molecule is CCOC(=O)COc1c(OCC)cc(C=Nn2c(CC)nc3ccc(Br)cc3c2=O)cc1[N+](=O)[O-]. The molecule has 0 saturated carbocycles. The van der Waals surface area contributed by atoms with Crippen molar-refractivity contribution in [3.05, 3.63) is 66.7 Å². The number of carbonyl (C=O) groups excluding carboxylic acids is 1. The third-order valence-corrected chi connectivity index (χ3v) is 5.20. The molecule has 0 unspecified atom stereocenters. The van der Waals surface area contributed by atoms with Gasteiger partial charge < -0.3 is 14.2 Å². The standard InChI is InChI=1S/C23H23BrN4O7/c1-4-20-26-17-8-7-15(24)11-16(17)23(30)27(20)25-12-14-9-18(28(31)32)22(19(10-14)33-5-2)35-13-21(29)34-6-3/h7-12H,4-6,13H2,1-3H3. The number of nitro groups is 1. The molecule has 0 saturated heterocycles. The van der Waals surface area contributed by atoms with E-state index in [1.165, 1.54) is 18.3 Å². The fourth-order valence-electron chi connectivity index (χ4n) is 3.23. The topological polar surface area (TPSA) is 135 Å². The predicted octanol–water partition coefficient (Wildman–Crippen LogP) is 3.85. The van der Waals surface area contributed by atoms with Crippen LogP contribution in [0.2, 0.25) is 0 Å². The number of ether oxygens (including phenoxy) is 3. The van der Waals surface area contributed by atoms with Gasteiger partial charge in [-0.05, 0) is 38.1 Å². The van der Waals surface area contributed by atoms with Gasteiger partial charge in [0, 0.05) is 22.5 Å². The number of halogens is 1. The Morgan fingerprint density at radius 2 is 1.97 bits per heavy atom. The van der Waals surface area contributed by atoms with E-state index in [4.69, 9.17) is 14.2 Å². The molecular weight excluding hydrogens is 524 g/mol. The van der Waals surface area contributed by atoms with E-state index in [0.717, 1.165) is 9.15 Å². The third-order valence-electron chi connectivity index (χ3n) is 4.71. The van der Waals surface area contributed by atoms with Gasteiger partial charge >= 0.3 is 11.7 Å². The highest BCUT2D eigenvalue weighted by molar-refractivity contribution is 9.10. The maximum atomic E-state index is 13.1. The van der Waals surface area contributed by atoms with Crippen molar-refractivity contribution in [3.63, 3.8) is 0 Å². The Bertz CT molecular complexity index is 1350. The summed E-state index contributed by atoms with van der Waals surface area (Å²) in [5.41, 5.74) is 0.0226. The molecule has 2 aromatic carbocycles. The summed E-state index contributed by atoms with van der Waals surface area (Å²) >= 11 is 3.35. The van der Waals surface area contributed by atoms with Crippen molar-refractivity contribution in [1.29, 1.82) is 0 Å². The van der Waals surface area contributed by atoms with Gasteiger partial charge in [0.25, 0.3) is 5.56 Å². The van der Waals surface area contributed by atoms with Gasteiger partial charge in [0.1, 0.15) is 5.82 Å². The first-order chi connectivity index (χ1) is 16.8. The van der Waals surface area contributed by atoms with Crippen LogP contribution in [0.5, 0.6) is 11.5 Å². The van der Waals surface area contributed by atoms with Crippen LogP contribution >= 0.6 is 15.9 Å². The second-order valence-corrected chi connectivity index (χ2v) is 7.97. The van der Waals surface area contributed by atoms with E-state index < -0.39 is 23.2 Å². The van der Waals surface area contributed by atoms with Gasteiger partial charge in [-0.15, -0.1) is 0 Å². The van der Waals surface area contributed by atoms with Crippen LogP contribution in [0.4, 0.5) is 5.69 Å². The van der Waals surface area contributed by atoms with Crippen LogP contribution in [0, 0.1) is 10.1 Å². The molecule has 184 valence electrons. The Morgan fingerprint density at radius 1 is 1.20 bits per heavy atom. The van der Waals surface area contributed by atoms with Crippen LogP contribution in [0.25, 0.3) is 10.9 Å².